The Hall–Kier alpha value is -2.88. The summed E-state index contributed by atoms with van der Waals surface area (Å²) < 4.78 is 0. The summed E-state index contributed by atoms with van der Waals surface area (Å²) in [4.78, 5) is 22.4. The number of aromatic hydroxyl groups is 1. The van der Waals surface area contributed by atoms with Crippen LogP contribution < -0.4 is 5.32 Å². The van der Waals surface area contributed by atoms with Gasteiger partial charge in [-0.2, -0.15) is 5.26 Å². The third-order valence-electron chi connectivity index (χ3n) is 4.30. The van der Waals surface area contributed by atoms with Crippen molar-refractivity contribution in [2.45, 2.75) is 38.6 Å². The van der Waals surface area contributed by atoms with Crippen molar-refractivity contribution in [3.8, 4) is 11.8 Å². The quantitative estimate of drug-likeness (QED) is 0.381. The minimum absolute atomic E-state index is 0.0390. The molecule has 0 spiro atoms. The van der Waals surface area contributed by atoms with E-state index < -0.39 is 22.3 Å². The minimum atomic E-state index is -0.720. The standard InChI is InChI=1S/C17H19N3O4/c1-11-4-2-3-5-14(11)19-17(22)13(10-18)8-12-6-7-16(21)15(9-12)20(23)24/h6-9,11,14,21H,2-5H2,1H3,(H,19,22)/b13-8+/t11-,14+/m1/s1. The van der Waals surface area contributed by atoms with Crippen LogP contribution >= 0.6 is 0 Å². The highest BCUT2D eigenvalue weighted by Gasteiger charge is 2.24. The van der Waals surface area contributed by atoms with E-state index in [9.17, 15) is 25.3 Å². The molecule has 0 heterocycles. The van der Waals surface area contributed by atoms with E-state index in [1.54, 1.807) is 0 Å². The lowest BCUT2D eigenvalue weighted by atomic mass is 9.86. The monoisotopic (exact) mass is 329 g/mol. The smallest absolute Gasteiger partial charge is 0.311 e. The molecule has 1 amide bonds. The molecule has 0 radical (unpaired) electrons. The van der Waals surface area contributed by atoms with Crippen LogP contribution in [0.25, 0.3) is 6.08 Å². The Balaban J connectivity index is 2.19. The first-order chi connectivity index (χ1) is 11.4. The molecule has 0 unspecified atom stereocenters. The number of rotatable bonds is 4. The zero-order chi connectivity index (χ0) is 17.7. The highest BCUT2D eigenvalue weighted by Crippen LogP contribution is 2.27. The molecule has 24 heavy (non-hydrogen) atoms. The first-order valence-electron chi connectivity index (χ1n) is 7.82. The molecule has 0 aliphatic heterocycles. The molecule has 1 saturated carbocycles. The van der Waals surface area contributed by atoms with E-state index >= 15 is 0 Å². The molecular weight excluding hydrogens is 310 g/mol. The maximum Gasteiger partial charge on any atom is 0.311 e. The summed E-state index contributed by atoms with van der Waals surface area (Å²) >= 11 is 0. The van der Waals surface area contributed by atoms with Gasteiger partial charge in [0.05, 0.1) is 4.92 Å². The highest BCUT2D eigenvalue weighted by atomic mass is 16.6. The van der Waals surface area contributed by atoms with E-state index in [4.69, 9.17) is 0 Å². The van der Waals surface area contributed by atoms with Gasteiger partial charge in [-0.3, -0.25) is 14.9 Å². The molecule has 0 bridgehead atoms. The molecule has 126 valence electrons. The molecule has 0 saturated heterocycles. The van der Waals surface area contributed by atoms with Crippen LogP contribution in [0.15, 0.2) is 23.8 Å². The fourth-order valence-electron chi connectivity index (χ4n) is 2.87. The van der Waals surface area contributed by atoms with Gasteiger partial charge in [0.2, 0.25) is 0 Å². The first kappa shape index (κ1) is 17.5. The van der Waals surface area contributed by atoms with Crippen LogP contribution in [0, 0.1) is 27.4 Å². The van der Waals surface area contributed by atoms with Gasteiger partial charge in [0.25, 0.3) is 5.91 Å². The number of carbonyl (C=O) groups is 1. The number of nitro groups is 1. The van der Waals surface area contributed by atoms with E-state index in [1.807, 2.05) is 6.07 Å². The highest BCUT2D eigenvalue weighted by molar-refractivity contribution is 6.01. The second kappa shape index (κ2) is 7.59. The summed E-state index contributed by atoms with van der Waals surface area (Å²) in [6, 6.07) is 5.58. The zero-order valence-electron chi connectivity index (χ0n) is 13.4. The van der Waals surface area contributed by atoms with Gasteiger partial charge in [-0.15, -0.1) is 0 Å². The summed E-state index contributed by atoms with van der Waals surface area (Å²) in [7, 11) is 0. The lowest BCUT2D eigenvalue weighted by molar-refractivity contribution is -0.385. The number of benzene rings is 1. The number of nitrogens with zero attached hydrogens (tertiary/aromatic N) is 2. The Morgan fingerprint density at radius 1 is 1.46 bits per heavy atom. The molecule has 2 N–H and O–H groups in total. The number of nitriles is 1. The van der Waals surface area contributed by atoms with E-state index in [0.717, 1.165) is 31.7 Å². The van der Waals surface area contributed by atoms with Crippen LogP contribution in [0.4, 0.5) is 5.69 Å². The average molecular weight is 329 g/mol. The van der Waals surface area contributed by atoms with Gasteiger partial charge in [0.1, 0.15) is 11.6 Å². The summed E-state index contributed by atoms with van der Waals surface area (Å²) in [5.41, 5.74) is -0.280. The van der Waals surface area contributed by atoms with Crippen LogP contribution in [-0.4, -0.2) is 22.0 Å². The summed E-state index contributed by atoms with van der Waals surface area (Å²) in [5, 5.41) is 32.4. The Kier molecular flexibility index (Phi) is 5.53. The van der Waals surface area contributed by atoms with Crippen molar-refractivity contribution in [1.82, 2.24) is 5.32 Å². The van der Waals surface area contributed by atoms with Gasteiger partial charge < -0.3 is 10.4 Å². The number of nitro benzene ring substituents is 1. The summed E-state index contributed by atoms with van der Waals surface area (Å²) in [6.45, 7) is 2.07. The molecule has 1 aliphatic rings. The van der Waals surface area contributed by atoms with Gasteiger partial charge in [-0.05, 0) is 36.5 Å². The predicted octanol–water partition coefficient (Wildman–Crippen LogP) is 2.90. The van der Waals surface area contributed by atoms with Crippen molar-refractivity contribution >= 4 is 17.7 Å². The van der Waals surface area contributed by atoms with Crippen LogP contribution in [0.2, 0.25) is 0 Å². The third-order valence-corrected chi connectivity index (χ3v) is 4.30. The fraction of sp³-hybridized carbons (Fsp3) is 0.412. The maximum absolute atomic E-state index is 12.3. The van der Waals surface area contributed by atoms with Crippen molar-refractivity contribution in [3.05, 3.63) is 39.4 Å². The Labute approximate surface area is 139 Å². The number of carbonyl (C=O) groups excluding carboxylic acids is 1. The molecule has 1 fully saturated rings. The molecule has 1 aromatic rings. The lowest BCUT2D eigenvalue weighted by Gasteiger charge is -2.29. The van der Waals surface area contributed by atoms with Gasteiger partial charge in [0, 0.05) is 12.1 Å². The van der Waals surface area contributed by atoms with Crippen LogP contribution in [0.3, 0.4) is 0 Å². The van der Waals surface area contributed by atoms with Gasteiger partial charge in [-0.1, -0.05) is 25.8 Å². The number of phenols is 1. The fourth-order valence-corrected chi connectivity index (χ4v) is 2.87. The number of hydrogen-bond acceptors (Lipinski definition) is 5. The van der Waals surface area contributed by atoms with E-state index in [-0.39, 0.29) is 11.6 Å². The SMILES string of the molecule is C[C@@H]1CCCC[C@@H]1NC(=O)/C(C#N)=C/c1ccc(O)c([N+](=O)[O-])c1. The van der Waals surface area contributed by atoms with Gasteiger partial charge in [-0.25, -0.2) is 0 Å². The number of hydrogen-bond donors (Lipinski definition) is 2. The number of nitrogens with one attached hydrogen (secondary N) is 1. The molecule has 7 nitrogen and oxygen atoms in total. The average Bonchev–Trinajstić information content (AvgIpc) is 2.55. The van der Waals surface area contributed by atoms with Crippen LogP contribution in [0.1, 0.15) is 38.2 Å². The Morgan fingerprint density at radius 3 is 2.79 bits per heavy atom. The topological polar surface area (TPSA) is 116 Å². The summed E-state index contributed by atoms with van der Waals surface area (Å²) in [6.07, 6.45) is 5.41. The number of phenolic OH excluding ortho intramolecular Hbond substituents is 1. The van der Waals surface area contributed by atoms with Crippen molar-refractivity contribution in [2.24, 2.45) is 5.92 Å². The second-order valence-corrected chi connectivity index (χ2v) is 6.02. The normalized spacial score (nSPS) is 20.9. The Morgan fingerprint density at radius 2 is 2.17 bits per heavy atom. The molecule has 2 atom stereocenters. The van der Waals surface area contributed by atoms with Crippen molar-refractivity contribution in [1.29, 1.82) is 5.26 Å². The van der Waals surface area contributed by atoms with Gasteiger partial charge in [0.15, 0.2) is 5.75 Å². The number of amides is 1. The lowest BCUT2D eigenvalue weighted by Crippen LogP contribution is -2.41. The zero-order valence-corrected chi connectivity index (χ0v) is 13.4. The molecular formula is C17H19N3O4. The molecule has 0 aromatic heterocycles. The van der Waals surface area contributed by atoms with E-state index in [0.29, 0.717) is 11.5 Å². The second-order valence-electron chi connectivity index (χ2n) is 6.02. The third kappa shape index (κ3) is 4.10. The molecule has 1 aliphatic carbocycles. The largest absolute Gasteiger partial charge is 0.502 e. The first-order valence-corrected chi connectivity index (χ1v) is 7.82. The van der Waals surface area contributed by atoms with Crippen molar-refractivity contribution in [2.75, 3.05) is 0 Å². The van der Waals surface area contributed by atoms with Crippen LogP contribution in [-0.2, 0) is 4.79 Å². The van der Waals surface area contributed by atoms with Gasteiger partial charge >= 0.3 is 5.69 Å². The minimum Gasteiger partial charge on any atom is -0.502 e. The van der Waals surface area contributed by atoms with Crippen molar-refractivity contribution < 1.29 is 14.8 Å². The van der Waals surface area contributed by atoms with Crippen molar-refractivity contribution in [3.63, 3.8) is 0 Å². The molecule has 2 rings (SSSR count). The Bertz CT molecular complexity index is 721. The molecule has 7 heteroatoms. The molecule has 1 aromatic carbocycles. The predicted molar refractivity (Wildman–Crippen MR) is 87.9 cm³/mol. The summed E-state index contributed by atoms with van der Waals surface area (Å²) in [5.74, 6) is -0.583. The van der Waals surface area contributed by atoms with E-state index in [1.165, 1.54) is 18.2 Å². The van der Waals surface area contributed by atoms with Crippen LogP contribution in [0.5, 0.6) is 5.75 Å². The van der Waals surface area contributed by atoms with E-state index in [2.05, 4.69) is 12.2 Å². The maximum atomic E-state index is 12.3.